The van der Waals surface area contributed by atoms with Gasteiger partial charge in [0.2, 0.25) is 11.4 Å². The summed E-state index contributed by atoms with van der Waals surface area (Å²) < 4.78 is 4.91. The number of aromatic nitrogens is 7. The van der Waals surface area contributed by atoms with Gasteiger partial charge >= 0.3 is 0 Å². The molecular weight excluding hydrogens is 1420 g/mol. The summed E-state index contributed by atoms with van der Waals surface area (Å²) in [6.07, 6.45) is 13.9. The van der Waals surface area contributed by atoms with Gasteiger partial charge in [-0.2, -0.15) is 5.26 Å². The van der Waals surface area contributed by atoms with Crippen molar-refractivity contribution < 1.29 is 4.74 Å². The molecule has 16 heteroatoms. The molecule has 0 saturated heterocycles. The van der Waals surface area contributed by atoms with E-state index in [0.717, 1.165) is 69.1 Å². The Kier molecular flexibility index (Phi) is 55.2. The number of hydrogen-bond acceptors (Lipinski definition) is 9. The van der Waals surface area contributed by atoms with Crippen LogP contribution in [0.3, 0.4) is 0 Å². The second-order valence-corrected chi connectivity index (χ2v) is 28.8. The number of pyridine rings is 7. The van der Waals surface area contributed by atoms with Crippen LogP contribution in [0.15, 0.2) is 201 Å². The fourth-order valence-corrected chi connectivity index (χ4v) is 8.05. The predicted octanol–water partition coefficient (Wildman–Crippen LogP) is 31.3. The van der Waals surface area contributed by atoms with Crippen molar-refractivity contribution in [1.29, 1.82) is 5.26 Å². The topological polar surface area (TPSA) is 145 Å². The standard InChI is InChI=1S/5C11H12N2.2C10H12ClN.C7H11N.C7H14O.C7H14/c1-8(2)9(3)10-5-11(12-4)7-13-6-10;1-8(2)9(3)11-6-5-10(12-4)7-13-11;1-8(2)9(3)10-5-6-13-11(7-10)12-4;1-8(2)9(3)10-5-6-11(12-4)13-7-10;1-8(2)9(3)10-6-5-7-11(12-4)13-10;1-7(2)8(3)10-5-4-9(11)6-12-10;1-7(2)8(3)9-4-5-10(11)12-6-9;1-4-7(5-8)6(2)3;1-6(2)7(3)5-8-4;1-5-7(4)6(2)3/h5*5-7H,1-3H3;2*4-6H,1-3H3;4H2,1-3H3;5H2,1-4H3;5H2,1-4H3. The molecule has 0 radical (unpaired) electrons. The summed E-state index contributed by atoms with van der Waals surface area (Å²) in [5, 5.41) is 9.61. The van der Waals surface area contributed by atoms with Crippen molar-refractivity contribution in [3.05, 3.63) is 307 Å². The van der Waals surface area contributed by atoms with Crippen molar-refractivity contribution in [3.8, 4) is 6.07 Å². The van der Waals surface area contributed by atoms with Gasteiger partial charge in [-0.3, -0.25) is 15.0 Å². The van der Waals surface area contributed by atoms with E-state index in [-0.39, 0.29) is 0 Å². The Labute approximate surface area is 686 Å². The molecule has 14 nitrogen and oxygen atoms in total. The summed E-state index contributed by atoms with van der Waals surface area (Å²) in [6.45, 7) is 98.9. The zero-order valence-electron chi connectivity index (χ0n) is 73.2. The maximum atomic E-state index is 8.39. The third kappa shape index (κ3) is 44.6. The molecule has 0 bridgehead atoms. The maximum Gasteiger partial charge on any atom is 0.270 e. The van der Waals surface area contributed by atoms with Gasteiger partial charge in [0.05, 0.1) is 42.2 Å². The van der Waals surface area contributed by atoms with Crippen LogP contribution in [0.25, 0.3) is 63.2 Å². The van der Waals surface area contributed by atoms with Crippen LogP contribution in [-0.2, 0) is 4.74 Å². The van der Waals surface area contributed by atoms with Gasteiger partial charge in [-0.25, -0.2) is 14.7 Å². The van der Waals surface area contributed by atoms with Gasteiger partial charge in [0.15, 0.2) is 5.69 Å². The number of hydrogen-bond donors (Lipinski definition) is 0. The molecule has 0 spiro atoms. The van der Waals surface area contributed by atoms with Crippen LogP contribution in [0.5, 0.6) is 0 Å². The summed E-state index contributed by atoms with van der Waals surface area (Å²) >= 11 is 11.4. The lowest BCUT2D eigenvalue weighted by Gasteiger charge is -2.03. The summed E-state index contributed by atoms with van der Waals surface area (Å²) in [6, 6.07) is 28.2. The van der Waals surface area contributed by atoms with Gasteiger partial charge in [-0.05, 0) is 336 Å². The Morgan fingerprint density at radius 1 is 0.366 bits per heavy atom. The zero-order chi connectivity index (χ0) is 86.5. The molecule has 0 amide bonds. The Morgan fingerprint density at radius 2 is 0.821 bits per heavy atom. The summed E-state index contributed by atoms with van der Waals surface area (Å²) in [4.78, 5) is 45.0. The van der Waals surface area contributed by atoms with E-state index in [1.54, 1.807) is 68.7 Å². The first kappa shape index (κ1) is 105. The van der Waals surface area contributed by atoms with Gasteiger partial charge in [0.1, 0.15) is 17.5 Å². The molecule has 112 heavy (non-hydrogen) atoms. The lowest BCUT2D eigenvalue weighted by molar-refractivity contribution is 0.225. The normalized spacial score (nSPS) is 9.07. The fraction of sp³-hybridized carbons (Fsp3) is 0.365. The van der Waals surface area contributed by atoms with Crippen LogP contribution in [0, 0.1) is 44.2 Å². The molecule has 0 aliphatic heterocycles. The van der Waals surface area contributed by atoms with Crippen molar-refractivity contribution in [2.24, 2.45) is 0 Å². The molecule has 7 heterocycles. The van der Waals surface area contributed by atoms with E-state index in [1.165, 1.54) is 101 Å². The van der Waals surface area contributed by atoms with E-state index in [9.17, 15) is 0 Å². The van der Waals surface area contributed by atoms with E-state index in [2.05, 4.69) is 224 Å². The monoisotopic (exact) mass is 1540 g/mol. The highest BCUT2D eigenvalue weighted by Crippen LogP contribution is 2.26. The number of ether oxygens (including phenoxy) is 1. The van der Waals surface area contributed by atoms with E-state index < -0.39 is 0 Å². The zero-order valence-corrected chi connectivity index (χ0v) is 74.7. The molecule has 592 valence electrons. The molecule has 0 fully saturated rings. The SMILES string of the molecule is CC(C)=C(C)c1ccc(Cl)cn1.CC(C)=C(C)c1ccc(Cl)nc1.CCC(C#N)=C(C)C.CCC(C)=C(C)C.COCC(C)=C(C)C.[C-]#[N+]c1cc(C(C)=C(C)C)ccn1.[C-]#[N+]c1ccc(C(C)=C(C)C)cn1.[C-]#[N+]c1ccc(C(C)=C(C)C)nc1.[C-]#[N+]c1cccc(C(C)=C(C)C)n1.[C-]#[N+]c1cncc(C(C)=C(C)C)c1. The van der Waals surface area contributed by atoms with Crippen LogP contribution in [0.2, 0.25) is 10.2 Å². The third-order valence-electron chi connectivity index (χ3n) is 17.6. The Hall–Kier alpha value is -11.1. The highest BCUT2D eigenvalue weighted by molar-refractivity contribution is 6.30. The van der Waals surface area contributed by atoms with Crippen LogP contribution in [0.4, 0.5) is 28.8 Å². The number of nitriles is 1. The molecule has 7 rings (SSSR count). The van der Waals surface area contributed by atoms with E-state index in [4.69, 9.17) is 66.1 Å². The van der Waals surface area contributed by atoms with Crippen molar-refractivity contribution in [2.75, 3.05) is 13.7 Å². The Bertz CT molecular complexity index is 4370. The second-order valence-electron chi connectivity index (χ2n) is 28.0. The third-order valence-corrected chi connectivity index (χ3v) is 18.0. The van der Waals surface area contributed by atoms with Gasteiger partial charge in [0, 0.05) is 49.2 Å². The summed E-state index contributed by atoms with van der Waals surface area (Å²) in [5.74, 6) is 1.36. The smallest absolute Gasteiger partial charge is 0.270 e. The second kappa shape index (κ2) is 58.8. The minimum absolute atomic E-state index is 0.449. The van der Waals surface area contributed by atoms with Gasteiger partial charge < -0.3 is 19.3 Å². The minimum atomic E-state index is 0.449. The van der Waals surface area contributed by atoms with Crippen molar-refractivity contribution in [3.63, 3.8) is 0 Å². The molecule has 0 N–H and O–H groups in total. The molecule has 7 aromatic heterocycles. The van der Waals surface area contributed by atoms with Crippen LogP contribution in [0.1, 0.15) is 267 Å². The fourth-order valence-electron chi connectivity index (χ4n) is 7.83. The minimum Gasteiger partial charge on any atom is -0.380 e. The Morgan fingerprint density at radius 3 is 1.16 bits per heavy atom. The average molecular weight is 1550 g/mol. The maximum absolute atomic E-state index is 8.39. The van der Waals surface area contributed by atoms with E-state index in [0.29, 0.717) is 39.0 Å². The number of methoxy groups -OCH3 is 1. The van der Waals surface area contributed by atoms with Crippen LogP contribution >= 0.6 is 23.2 Å². The largest absolute Gasteiger partial charge is 0.380 e. The molecule has 0 unspecified atom stereocenters. The van der Waals surface area contributed by atoms with E-state index in [1.807, 2.05) is 122 Å². The van der Waals surface area contributed by atoms with Crippen LogP contribution < -0.4 is 0 Å². The number of allylic oxidation sites excluding steroid dienone is 19. The lowest BCUT2D eigenvalue weighted by atomic mass is 10.0. The van der Waals surface area contributed by atoms with Crippen molar-refractivity contribution in [2.45, 2.75) is 227 Å². The number of halogens is 2. The first-order valence-electron chi connectivity index (χ1n) is 36.8. The number of nitrogens with zero attached hydrogens (tertiary/aromatic N) is 13. The van der Waals surface area contributed by atoms with Crippen molar-refractivity contribution in [1.82, 2.24) is 34.9 Å². The van der Waals surface area contributed by atoms with Crippen LogP contribution in [-0.4, -0.2) is 48.6 Å². The molecule has 0 saturated carbocycles. The Balaban J connectivity index is -0.00000119. The quantitative estimate of drug-likeness (QED) is 0.0535. The first-order valence-corrected chi connectivity index (χ1v) is 37.5. The molecule has 0 atom stereocenters. The van der Waals surface area contributed by atoms with Gasteiger partial charge in [0.25, 0.3) is 17.5 Å². The average Bonchev–Trinajstić information content (AvgIpc) is 1.01. The van der Waals surface area contributed by atoms with Gasteiger partial charge in [-0.1, -0.05) is 142 Å². The highest BCUT2D eigenvalue weighted by Gasteiger charge is 2.07. The molecule has 0 aromatic carbocycles. The number of rotatable bonds is 11. The first-order chi connectivity index (χ1) is 52.5. The van der Waals surface area contributed by atoms with Gasteiger partial charge in [-0.15, -0.1) is 15.0 Å². The molecule has 0 aliphatic carbocycles. The highest BCUT2D eigenvalue weighted by atomic mass is 35.5. The molecule has 0 aliphatic rings. The molecular formula is C96H123Cl2N13O. The lowest BCUT2D eigenvalue weighted by Crippen LogP contribution is -1.90. The summed E-state index contributed by atoms with van der Waals surface area (Å²) in [7, 11) is 1.71. The van der Waals surface area contributed by atoms with Crippen molar-refractivity contribution >= 4 is 91.0 Å². The predicted molar refractivity (Wildman–Crippen MR) is 483 cm³/mol. The van der Waals surface area contributed by atoms with E-state index >= 15 is 0 Å². The summed E-state index contributed by atoms with van der Waals surface area (Å²) in [5.41, 5.74) is 33.4. The molecule has 7 aromatic rings.